The summed E-state index contributed by atoms with van der Waals surface area (Å²) in [5.74, 6) is 0.622. The fourth-order valence-electron chi connectivity index (χ4n) is 2.07. The van der Waals surface area contributed by atoms with Crippen LogP contribution >= 0.6 is 11.6 Å². The van der Waals surface area contributed by atoms with Gasteiger partial charge in [0.1, 0.15) is 10.8 Å². The lowest BCUT2D eigenvalue weighted by atomic mass is 10.2. The summed E-state index contributed by atoms with van der Waals surface area (Å²) in [7, 11) is 1.74. The number of hydrogen-bond acceptors (Lipinski definition) is 7. The summed E-state index contributed by atoms with van der Waals surface area (Å²) < 4.78 is 1.81. The zero-order valence-electron chi connectivity index (χ0n) is 13.3. The SMILES string of the molecule is CNc1nc(Nc2cnn(CCCCCC(=O)NO)c2)ncc1Cl. The molecule has 2 aromatic rings. The maximum absolute atomic E-state index is 10.9. The standard InChI is InChI=1S/C14H20ClN7O2/c1-16-13-11(15)8-17-14(20-13)19-10-7-18-22(9-10)6-4-2-3-5-12(23)21-24/h7-9,24H,2-6H2,1H3,(H,21,23)(H2,16,17,19,20). The van der Waals surface area contributed by atoms with E-state index in [4.69, 9.17) is 16.8 Å². The monoisotopic (exact) mass is 353 g/mol. The molecule has 0 aliphatic carbocycles. The molecular formula is C14H20ClN7O2. The zero-order chi connectivity index (χ0) is 17.4. The van der Waals surface area contributed by atoms with Crippen LogP contribution in [0.1, 0.15) is 25.7 Å². The van der Waals surface area contributed by atoms with Gasteiger partial charge in [-0.1, -0.05) is 18.0 Å². The van der Waals surface area contributed by atoms with Gasteiger partial charge in [0.05, 0.1) is 18.1 Å². The van der Waals surface area contributed by atoms with Crippen LogP contribution in [-0.4, -0.2) is 37.9 Å². The van der Waals surface area contributed by atoms with Crippen molar-refractivity contribution < 1.29 is 10.0 Å². The lowest BCUT2D eigenvalue weighted by Crippen LogP contribution is -2.17. The van der Waals surface area contributed by atoms with E-state index in [1.54, 1.807) is 18.7 Å². The van der Waals surface area contributed by atoms with Crippen LogP contribution in [0.4, 0.5) is 17.5 Å². The normalized spacial score (nSPS) is 10.5. The molecule has 0 radical (unpaired) electrons. The molecule has 2 rings (SSSR count). The molecule has 1 amide bonds. The van der Waals surface area contributed by atoms with Crippen LogP contribution in [0.2, 0.25) is 5.02 Å². The predicted octanol–water partition coefficient (Wildman–Crippen LogP) is 2.18. The van der Waals surface area contributed by atoms with E-state index in [2.05, 4.69) is 25.7 Å². The molecule has 24 heavy (non-hydrogen) atoms. The van der Waals surface area contributed by atoms with Gasteiger partial charge in [-0.15, -0.1) is 0 Å². The maximum Gasteiger partial charge on any atom is 0.243 e. The molecule has 0 saturated heterocycles. The number of nitrogens with one attached hydrogen (secondary N) is 3. The first kappa shape index (κ1) is 18.0. The van der Waals surface area contributed by atoms with Crippen molar-refractivity contribution in [2.75, 3.05) is 17.7 Å². The largest absolute Gasteiger partial charge is 0.372 e. The van der Waals surface area contributed by atoms with Crippen molar-refractivity contribution in [3.05, 3.63) is 23.6 Å². The molecule has 0 aliphatic heterocycles. The van der Waals surface area contributed by atoms with Gasteiger partial charge in [0.15, 0.2) is 0 Å². The topological polar surface area (TPSA) is 117 Å². The lowest BCUT2D eigenvalue weighted by molar-refractivity contribution is -0.129. The zero-order valence-corrected chi connectivity index (χ0v) is 14.0. The number of anilines is 3. The average molecular weight is 354 g/mol. The number of carbonyl (C=O) groups excluding carboxylic acids is 1. The van der Waals surface area contributed by atoms with Crippen molar-refractivity contribution >= 4 is 35.0 Å². The number of hydrogen-bond donors (Lipinski definition) is 4. The minimum atomic E-state index is -0.357. The van der Waals surface area contributed by atoms with Crippen LogP contribution in [0.5, 0.6) is 0 Å². The van der Waals surface area contributed by atoms with E-state index in [0.29, 0.717) is 23.2 Å². The number of unbranched alkanes of at least 4 members (excludes halogenated alkanes) is 2. The molecule has 0 bridgehead atoms. The van der Waals surface area contributed by atoms with E-state index in [0.717, 1.165) is 31.5 Å². The molecule has 4 N–H and O–H groups in total. The van der Waals surface area contributed by atoms with Gasteiger partial charge in [0.2, 0.25) is 11.9 Å². The number of aromatic nitrogens is 4. The molecule has 0 spiro atoms. The summed E-state index contributed by atoms with van der Waals surface area (Å²) >= 11 is 5.94. The van der Waals surface area contributed by atoms with E-state index in [1.165, 1.54) is 6.20 Å². The van der Waals surface area contributed by atoms with Crippen LogP contribution in [0.15, 0.2) is 18.6 Å². The van der Waals surface area contributed by atoms with Crippen LogP contribution in [0, 0.1) is 0 Å². The Balaban J connectivity index is 1.79. The molecule has 10 heteroatoms. The second-order valence-electron chi connectivity index (χ2n) is 5.10. The van der Waals surface area contributed by atoms with Crippen molar-refractivity contribution in [2.24, 2.45) is 0 Å². The van der Waals surface area contributed by atoms with Gasteiger partial charge in [0, 0.05) is 26.2 Å². The summed E-state index contributed by atoms with van der Waals surface area (Å²) in [4.78, 5) is 19.2. The van der Waals surface area contributed by atoms with E-state index in [1.807, 2.05) is 10.9 Å². The predicted molar refractivity (Wildman–Crippen MR) is 90.5 cm³/mol. The highest BCUT2D eigenvalue weighted by molar-refractivity contribution is 6.32. The molecular weight excluding hydrogens is 334 g/mol. The van der Waals surface area contributed by atoms with Gasteiger partial charge in [0.25, 0.3) is 0 Å². The van der Waals surface area contributed by atoms with Crippen molar-refractivity contribution in [1.82, 2.24) is 25.2 Å². The Morgan fingerprint density at radius 1 is 1.33 bits per heavy atom. The van der Waals surface area contributed by atoms with Crippen LogP contribution in [0.25, 0.3) is 0 Å². The highest BCUT2D eigenvalue weighted by Gasteiger charge is 2.06. The molecule has 0 atom stereocenters. The number of halogens is 1. The van der Waals surface area contributed by atoms with Crippen molar-refractivity contribution in [1.29, 1.82) is 0 Å². The summed E-state index contributed by atoms with van der Waals surface area (Å²) in [5, 5.41) is 19.1. The van der Waals surface area contributed by atoms with Crippen molar-refractivity contribution in [3.8, 4) is 0 Å². The Hall–Kier alpha value is -2.39. The Morgan fingerprint density at radius 3 is 2.92 bits per heavy atom. The number of hydroxylamine groups is 1. The number of aryl methyl sites for hydroxylation is 1. The second-order valence-corrected chi connectivity index (χ2v) is 5.51. The summed E-state index contributed by atoms with van der Waals surface area (Å²) in [6.45, 7) is 0.742. The molecule has 0 unspecified atom stereocenters. The maximum atomic E-state index is 10.9. The molecule has 2 aromatic heterocycles. The number of amides is 1. The molecule has 2 heterocycles. The Labute approximate surface area is 144 Å². The Bertz CT molecular complexity index is 677. The highest BCUT2D eigenvalue weighted by Crippen LogP contribution is 2.20. The summed E-state index contributed by atoms with van der Waals surface area (Å²) in [6, 6.07) is 0. The third-order valence-electron chi connectivity index (χ3n) is 3.29. The molecule has 130 valence electrons. The first-order valence-electron chi connectivity index (χ1n) is 7.55. The third-order valence-corrected chi connectivity index (χ3v) is 3.56. The van der Waals surface area contributed by atoms with Crippen molar-refractivity contribution in [3.63, 3.8) is 0 Å². The first-order chi connectivity index (χ1) is 11.6. The van der Waals surface area contributed by atoms with Gasteiger partial charge in [-0.3, -0.25) is 14.7 Å². The van der Waals surface area contributed by atoms with Crippen molar-refractivity contribution in [2.45, 2.75) is 32.2 Å². The third kappa shape index (κ3) is 5.36. The minimum absolute atomic E-state index is 0.324. The number of carbonyl (C=O) groups is 1. The fraction of sp³-hybridized carbons (Fsp3) is 0.429. The molecule has 0 saturated carbocycles. The summed E-state index contributed by atoms with van der Waals surface area (Å²) in [6.07, 6.45) is 7.89. The van der Waals surface area contributed by atoms with E-state index in [9.17, 15) is 4.79 Å². The van der Waals surface area contributed by atoms with Crippen LogP contribution in [-0.2, 0) is 11.3 Å². The van der Waals surface area contributed by atoms with Gasteiger partial charge in [-0.05, 0) is 12.8 Å². The van der Waals surface area contributed by atoms with Gasteiger partial charge in [-0.2, -0.15) is 10.1 Å². The molecule has 0 fully saturated rings. The van der Waals surface area contributed by atoms with Gasteiger partial charge < -0.3 is 10.6 Å². The number of nitrogens with zero attached hydrogens (tertiary/aromatic N) is 4. The van der Waals surface area contributed by atoms with Crippen LogP contribution < -0.4 is 16.1 Å². The van der Waals surface area contributed by atoms with Gasteiger partial charge in [-0.25, -0.2) is 10.5 Å². The quantitative estimate of drug-likeness (QED) is 0.310. The minimum Gasteiger partial charge on any atom is -0.372 e. The Kier molecular flexibility index (Phi) is 6.76. The van der Waals surface area contributed by atoms with E-state index < -0.39 is 0 Å². The first-order valence-corrected chi connectivity index (χ1v) is 7.93. The molecule has 0 aromatic carbocycles. The molecule has 0 aliphatic rings. The lowest BCUT2D eigenvalue weighted by Gasteiger charge is -2.05. The highest BCUT2D eigenvalue weighted by atomic mass is 35.5. The van der Waals surface area contributed by atoms with E-state index >= 15 is 0 Å². The fourth-order valence-corrected chi connectivity index (χ4v) is 2.26. The average Bonchev–Trinajstić information content (AvgIpc) is 3.03. The smallest absolute Gasteiger partial charge is 0.243 e. The van der Waals surface area contributed by atoms with Gasteiger partial charge >= 0.3 is 0 Å². The Morgan fingerprint density at radius 2 is 2.17 bits per heavy atom. The summed E-state index contributed by atoms with van der Waals surface area (Å²) in [5.41, 5.74) is 2.40. The molecule has 9 nitrogen and oxygen atoms in total. The van der Waals surface area contributed by atoms with E-state index in [-0.39, 0.29) is 5.91 Å². The number of rotatable bonds is 9. The second kappa shape index (κ2) is 9.04. The van der Waals surface area contributed by atoms with Crippen LogP contribution in [0.3, 0.4) is 0 Å².